The van der Waals surface area contributed by atoms with Crippen LogP contribution in [0, 0.1) is 0 Å². The van der Waals surface area contributed by atoms with E-state index in [1.54, 1.807) is 23.9 Å². The van der Waals surface area contributed by atoms with E-state index in [1.807, 2.05) is 30.3 Å². The number of benzene rings is 2. The van der Waals surface area contributed by atoms with Crippen LogP contribution in [0.1, 0.15) is 27.2 Å². The lowest BCUT2D eigenvalue weighted by Gasteiger charge is -2.02. The van der Waals surface area contributed by atoms with Gasteiger partial charge in [-0.1, -0.05) is 30.3 Å². The maximum absolute atomic E-state index is 11.4. The van der Waals surface area contributed by atoms with Gasteiger partial charge in [0.05, 0.1) is 11.4 Å². The summed E-state index contributed by atoms with van der Waals surface area (Å²) >= 11 is 0. The van der Waals surface area contributed by atoms with Crippen LogP contribution in [0.2, 0.25) is 0 Å². The monoisotopic (exact) mass is 361 g/mol. The van der Waals surface area contributed by atoms with Crippen molar-refractivity contribution in [2.24, 2.45) is 23.5 Å². The number of hydrogen-bond donors (Lipinski definition) is 3. The van der Waals surface area contributed by atoms with Crippen LogP contribution < -0.4 is 11.5 Å². The Morgan fingerprint density at radius 2 is 1.96 bits per heavy atom. The fourth-order valence-electron chi connectivity index (χ4n) is 3.30. The van der Waals surface area contributed by atoms with Crippen molar-refractivity contribution in [2.75, 3.05) is 0 Å². The minimum absolute atomic E-state index is 0.0830. The third-order valence-corrected chi connectivity index (χ3v) is 4.74. The number of aromatic hydroxyl groups is 1. The zero-order valence-corrected chi connectivity index (χ0v) is 14.8. The van der Waals surface area contributed by atoms with Crippen LogP contribution in [-0.4, -0.2) is 26.5 Å². The molecule has 5 N–H and O–H groups in total. The van der Waals surface area contributed by atoms with E-state index >= 15 is 0 Å². The molecule has 1 aliphatic heterocycles. The summed E-state index contributed by atoms with van der Waals surface area (Å²) < 4.78 is 1.63. The van der Waals surface area contributed by atoms with Crippen molar-refractivity contribution in [3.8, 4) is 17.0 Å². The van der Waals surface area contributed by atoms with Gasteiger partial charge in [0.2, 0.25) is 5.91 Å². The number of nitrogens with zero attached hydrogens (tertiary/aromatic N) is 3. The first kappa shape index (κ1) is 17.0. The molecule has 1 aliphatic rings. The van der Waals surface area contributed by atoms with Crippen LogP contribution in [-0.2, 0) is 20.0 Å². The first-order valence-electron chi connectivity index (χ1n) is 8.54. The second kappa shape index (κ2) is 6.37. The number of aromatic nitrogens is 2. The highest BCUT2D eigenvalue weighted by Gasteiger charge is 2.25. The molecule has 0 radical (unpaired) electrons. The van der Waals surface area contributed by atoms with E-state index in [1.165, 1.54) is 0 Å². The molecule has 136 valence electrons. The summed E-state index contributed by atoms with van der Waals surface area (Å²) in [5.74, 6) is -0.410. The molecule has 0 atom stereocenters. The van der Waals surface area contributed by atoms with Crippen molar-refractivity contribution >= 4 is 17.3 Å². The highest BCUT2D eigenvalue weighted by atomic mass is 16.3. The van der Waals surface area contributed by atoms with Gasteiger partial charge in [-0.25, -0.2) is 0 Å². The van der Waals surface area contributed by atoms with E-state index in [0.717, 1.165) is 16.7 Å². The molecular formula is C20H19N5O2. The predicted molar refractivity (Wildman–Crippen MR) is 103 cm³/mol. The number of carbonyl (C=O) groups is 1. The molecule has 7 nitrogen and oxygen atoms in total. The topological polar surface area (TPSA) is 120 Å². The summed E-state index contributed by atoms with van der Waals surface area (Å²) in [6, 6.07) is 12.8. The molecule has 27 heavy (non-hydrogen) atoms. The third kappa shape index (κ3) is 2.88. The Kier molecular flexibility index (Phi) is 4.01. The van der Waals surface area contributed by atoms with Crippen LogP contribution in [0.5, 0.6) is 5.75 Å². The lowest BCUT2D eigenvalue weighted by molar-refractivity contribution is 0.100. The standard InChI is InChI=1S/C20H19N5O2/c1-25-18(16-8-13-6-7-14(20(22)27)9-15(13)23-16)19(26)17(24-25)12-4-2-11(10-21)3-5-12/h2-7,9,26H,8,10,21H2,1H3,(H2,22,27). The van der Waals surface area contributed by atoms with Gasteiger partial charge < -0.3 is 16.6 Å². The minimum Gasteiger partial charge on any atom is -0.504 e. The number of aliphatic imine (C=N–C) groups is 1. The molecule has 2 heterocycles. The molecule has 1 amide bonds. The number of carbonyl (C=O) groups excluding carboxylic acids is 1. The Morgan fingerprint density at radius 3 is 2.63 bits per heavy atom. The molecule has 1 aromatic heterocycles. The quantitative estimate of drug-likeness (QED) is 0.658. The Bertz CT molecular complexity index is 1080. The number of nitrogens with two attached hydrogens (primary N) is 2. The Hall–Kier alpha value is -3.45. The lowest BCUT2D eigenvalue weighted by atomic mass is 10.0. The van der Waals surface area contributed by atoms with Crippen LogP contribution >= 0.6 is 0 Å². The number of amides is 1. The highest BCUT2D eigenvalue weighted by Crippen LogP contribution is 2.36. The van der Waals surface area contributed by atoms with Gasteiger partial charge in [-0.15, -0.1) is 0 Å². The molecule has 7 heteroatoms. The summed E-state index contributed by atoms with van der Waals surface area (Å²) in [6.45, 7) is 0.460. The molecular weight excluding hydrogens is 342 g/mol. The molecule has 4 rings (SSSR count). The maximum Gasteiger partial charge on any atom is 0.248 e. The SMILES string of the molecule is Cn1nc(-c2ccc(CN)cc2)c(O)c1C1=Nc2cc(C(N)=O)ccc2C1. The smallest absolute Gasteiger partial charge is 0.248 e. The third-order valence-electron chi connectivity index (χ3n) is 4.74. The fraction of sp³-hybridized carbons (Fsp3) is 0.150. The van der Waals surface area contributed by atoms with Crippen molar-refractivity contribution in [1.82, 2.24) is 9.78 Å². The van der Waals surface area contributed by atoms with Crippen molar-refractivity contribution in [2.45, 2.75) is 13.0 Å². The molecule has 0 aliphatic carbocycles. The first-order chi connectivity index (χ1) is 13.0. The summed E-state index contributed by atoms with van der Waals surface area (Å²) in [7, 11) is 1.77. The summed E-state index contributed by atoms with van der Waals surface area (Å²) in [5, 5.41) is 15.3. The van der Waals surface area contributed by atoms with E-state index in [4.69, 9.17) is 11.5 Å². The van der Waals surface area contributed by atoms with E-state index in [9.17, 15) is 9.90 Å². The number of rotatable bonds is 4. The average molecular weight is 361 g/mol. The zero-order chi connectivity index (χ0) is 19.1. The van der Waals surface area contributed by atoms with Crippen molar-refractivity contribution in [3.05, 3.63) is 64.8 Å². The van der Waals surface area contributed by atoms with Gasteiger partial charge in [0.15, 0.2) is 5.75 Å². The fourth-order valence-corrected chi connectivity index (χ4v) is 3.30. The largest absolute Gasteiger partial charge is 0.504 e. The maximum atomic E-state index is 11.4. The lowest BCUT2D eigenvalue weighted by Crippen LogP contribution is -2.10. The van der Waals surface area contributed by atoms with Gasteiger partial charge in [-0.3, -0.25) is 14.5 Å². The van der Waals surface area contributed by atoms with Crippen LogP contribution in [0.25, 0.3) is 11.3 Å². The minimum atomic E-state index is -0.493. The zero-order valence-electron chi connectivity index (χ0n) is 14.8. The second-order valence-electron chi connectivity index (χ2n) is 6.51. The summed E-state index contributed by atoms with van der Waals surface area (Å²) in [6.07, 6.45) is 0.549. The van der Waals surface area contributed by atoms with Crippen LogP contribution in [0.4, 0.5) is 5.69 Å². The molecule has 0 saturated heterocycles. The Labute approximate surface area is 156 Å². The molecule has 0 fully saturated rings. The number of fused-ring (bicyclic) bond motifs is 1. The van der Waals surface area contributed by atoms with Crippen molar-refractivity contribution in [3.63, 3.8) is 0 Å². The molecule has 0 spiro atoms. The van der Waals surface area contributed by atoms with Gasteiger partial charge in [0.25, 0.3) is 0 Å². The molecule has 0 unspecified atom stereocenters. The molecule has 0 bridgehead atoms. The Balaban J connectivity index is 1.73. The molecule has 2 aromatic carbocycles. The van der Waals surface area contributed by atoms with E-state index in [0.29, 0.717) is 41.3 Å². The predicted octanol–water partition coefficient (Wildman–Crippen LogP) is 2.03. The number of aryl methyl sites for hydroxylation is 1. The first-order valence-corrected chi connectivity index (χ1v) is 8.54. The van der Waals surface area contributed by atoms with Gasteiger partial charge >= 0.3 is 0 Å². The molecule has 0 saturated carbocycles. The molecule has 3 aromatic rings. The summed E-state index contributed by atoms with van der Waals surface area (Å²) in [5.41, 5.74) is 16.6. The highest BCUT2D eigenvalue weighted by molar-refractivity contribution is 6.08. The normalized spacial score (nSPS) is 12.7. The second-order valence-corrected chi connectivity index (χ2v) is 6.51. The van der Waals surface area contributed by atoms with Crippen LogP contribution in [0.3, 0.4) is 0 Å². The van der Waals surface area contributed by atoms with E-state index in [-0.39, 0.29) is 5.75 Å². The summed E-state index contributed by atoms with van der Waals surface area (Å²) in [4.78, 5) is 16.0. The van der Waals surface area contributed by atoms with Crippen LogP contribution in [0.15, 0.2) is 47.5 Å². The van der Waals surface area contributed by atoms with Gasteiger partial charge in [-0.05, 0) is 23.3 Å². The average Bonchev–Trinajstić information content (AvgIpc) is 3.21. The van der Waals surface area contributed by atoms with E-state index < -0.39 is 5.91 Å². The van der Waals surface area contributed by atoms with Gasteiger partial charge in [-0.2, -0.15) is 5.10 Å². The van der Waals surface area contributed by atoms with Crippen molar-refractivity contribution < 1.29 is 9.90 Å². The number of primary amides is 1. The number of hydrogen-bond acceptors (Lipinski definition) is 5. The van der Waals surface area contributed by atoms with Gasteiger partial charge in [0.1, 0.15) is 11.4 Å². The van der Waals surface area contributed by atoms with E-state index in [2.05, 4.69) is 10.1 Å². The Morgan fingerprint density at radius 1 is 1.22 bits per heavy atom. The van der Waals surface area contributed by atoms with Gasteiger partial charge in [0, 0.05) is 31.1 Å². The van der Waals surface area contributed by atoms with Crippen molar-refractivity contribution in [1.29, 1.82) is 0 Å².